The molecule has 0 atom stereocenters. The molecule has 3 rings (SSSR count). The molecule has 0 radical (unpaired) electrons. The summed E-state index contributed by atoms with van der Waals surface area (Å²) in [5.41, 5.74) is 5.89. The van der Waals surface area contributed by atoms with Crippen molar-refractivity contribution in [2.75, 3.05) is 5.88 Å². The highest BCUT2D eigenvalue weighted by Crippen LogP contribution is 2.25. The van der Waals surface area contributed by atoms with Gasteiger partial charge in [-0.1, -0.05) is 19.1 Å². The maximum absolute atomic E-state index is 9.21. The van der Waals surface area contributed by atoms with Gasteiger partial charge in [-0.2, -0.15) is 5.26 Å². The van der Waals surface area contributed by atoms with E-state index in [0.717, 1.165) is 41.0 Å². The summed E-state index contributed by atoms with van der Waals surface area (Å²) in [6.45, 7) is 4.06. The molecule has 3 aromatic rings. The summed E-state index contributed by atoms with van der Waals surface area (Å²) in [5, 5.41) is 9.21. The Morgan fingerprint density at radius 2 is 1.96 bits per heavy atom. The molecule has 0 aliphatic carbocycles. The van der Waals surface area contributed by atoms with E-state index < -0.39 is 0 Å². The van der Waals surface area contributed by atoms with Crippen molar-refractivity contribution in [3.63, 3.8) is 0 Å². The largest absolute Gasteiger partial charge is 0.296 e. The molecule has 3 nitrogen and oxygen atoms in total. The van der Waals surface area contributed by atoms with Gasteiger partial charge in [0.1, 0.15) is 5.82 Å². The van der Waals surface area contributed by atoms with Gasteiger partial charge in [0.05, 0.1) is 22.7 Å². The third kappa shape index (κ3) is 2.83. The topological polar surface area (TPSA) is 41.6 Å². The zero-order valence-electron chi connectivity index (χ0n) is 13.3. The number of rotatable bonds is 4. The standard InChI is InChI=1S/C19H18ClN3/c1-3-19-22-17-11-15(12-21)13(2)10-18(17)23(19)16-6-4-14(5-7-16)8-9-20/h4-7,10-11H,3,8-9H2,1-2H3. The normalized spacial score (nSPS) is 10.9. The zero-order valence-corrected chi connectivity index (χ0v) is 14.1. The van der Waals surface area contributed by atoms with Crippen LogP contribution in [0.1, 0.15) is 29.4 Å². The molecule has 0 bridgehead atoms. The van der Waals surface area contributed by atoms with Crippen LogP contribution in [0.4, 0.5) is 0 Å². The van der Waals surface area contributed by atoms with Crippen LogP contribution < -0.4 is 0 Å². The number of fused-ring (bicyclic) bond motifs is 1. The second-order valence-corrected chi connectivity index (χ2v) is 5.97. The first kappa shape index (κ1) is 15.6. The van der Waals surface area contributed by atoms with E-state index in [0.29, 0.717) is 11.4 Å². The van der Waals surface area contributed by atoms with E-state index in [-0.39, 0.29) is 0 Å². The molecule has 0 aliphatic rings. The first-order valence-corrected chi connectivity index (χ1v) is 8.28. The van der Waals surface area contributed by atoms with Gasteiger partial charge >= 0.3 is 0 Å². The van der Waals surface area contributed by atoms with Gasteiger partial charge in [0.15, 0.2) is 0 Å². The van der Waals surface area contributed by atoms with Crippen LogP contribution in [0.15, 0.2) is 36.4 Å². The first-order valence-electron chi connectivity index (χ1n) is 7.75. The Morgan fingerprint density at radius 3 is 2.57 bits per heavy atom. The summed E-state index contributed by atoms with van der Waals surface area (Å²) in [6, 6.07) is 14.6. The summed E-state index contributed by atoms with van der Waals surface area (Å²) in [6.07, 6.45) is 1.71. The second kappa shape index (κ2) is 6.44. The highest BCUT2D eigenvalue weighted by molar-refractivity contribution is 6.17. The maximum Gasteiger partial charge on any atom is 0.114 e. The average Bonchev–Trinajstić information content (AvgIpc) is 2.92. The number of aromatic nitrogens is 2. The van der Waals surface area contributed by atoms with Gasteiger partial charge < -0.3 is 0 Å². The molecule has 0 fully saturated rings. The monoisotopic (exact) mass is 323 g/mol. The van der Waals surface area contributed by atoms with Crippen LogP contribution in [0.3, 0.4) is 0 Å². The minimum Gasteiger partial charge on any atom is -0.296 e. The molecule has 0 unspecified atom stereocenters. The van der Waals surface area contributed by atoms with E-state index in [1.165, 1.54) is 5.56 Å². The number of benzene rings is 2. The molecule has 0 amide bonds. The van der Waals surface area contributed by atoms with E-state index in [1.54, 1.807) is 0 Å². The Morgan fingerprint density at radius 1 is 1.22 bits per heavy atom. The van der Waals surface area contributed by atoms with Gasteiger partial charge in [0, 0.05) is 18.0 Å². The number of halogens is 1. The molecular formula is C19H18ClN3. The fraction of sp³-hybridized carbons (Fsp3) is 0.263. The zero-order chi connectivity index (χ0) is 16.4. The number of aryl methyl sites for hydroxylation is 3. The van der Waals surface area contributed by atoms with Crippen LogP contribution in [0.5, 0.6) is 0 Å². The lowest BCUT2D eigenvalue weighted by atomic mass is 10.1. The number of hydrogen-bond acceptors (Lipinski definition) is 2. The smallest absolute Gasteiger partial charge is 0.114 e. The molecule has 116 valence electrons. The van der Waals surface area contributed by atoms with Crippen LogP contribution >= 0.6 is 11.6 Å². The van der Waals surface area contributed by atoms with Crippen molar-refractivity contribution in [2.45, 2.75) is 26.7 Å². The Bertz CT molecular complexity index is 886. The minimum absolute atomic E-state index is 0.629. The summed E-state index contributed by atoms with van der Waals surface area (Å²) < 4.78 is 2.17. The Balaban J connectivity index is 2.19. The van der Waals surface area contributed by atoms with Gasteiger partial charge in [-0.15, -0.1) is 11.6 Å². The summed E-state index contributed by atoms with van der Waals surface area (Å²) >= 11 is 5.81. The Hall–Kier alpha value is -2.31. The average molecular weight is 324 g/mol. The first-order chi connectivity index (χ1) is 11.2. The number of imidazole rings is 1. The fourth-order valence-electron chi connectivity index (χ4n) is 2.84. The quantitative estimate of drug-likeness (QED) is 0.661. The van der Waals surface area contributed by atoms with E-state index >= 15 is 0 Å². The summed E-state index contributed by atoms with van der Waals surface area (Å²) in [7, 11) is 0. The third-order valence-electron chi connectivity index (χ3n) is 4.08. The van der Waals surface area contributed by atoms with Crippen molar-refractivity contribution >= 4 is 22.6 Å². The van der Waals surface area contributed by atoms with Crippen LogP contribution in [0.2, 0.25) is 0 Å². The van der Waals surface area contributed by atoms with Crippen LogP contribution in [-0.4, -0.2) is 15.4 Å². The Labute approximate surface area is 141 Å². The van der Waals surface area contributed by atoms with E-state index in [1.807, 2.05) is 19.1 Å². The van der Waals surface area contributed by atoms with Crippen molar-refractivity contribution in [3.05, 3.63) is 58.9 Å². The highest BCUT2D eigenvalue weighted by atomic mass is 35.5. The summed E-state index contributed by atoms with van der Waals surface area (Å²) in [4.78, 5) is 4.71. The lowest BCUT2D eigenvalue weighted by Crippen LogP contribution is -2.00. The van der Waals surface area contributed by atoms with Crippen molar-refractivity contribution in [1.82, 2.24) is 9.55 Å². The predicted octanol–water partition coefficient (Wildman–Crippen LogP) is 4.55. The van der Waals surface area contributed by atoms with E-state index in [2.05, 4.69) is 41.8 Å². The van der Waals surface area contributed by atoms with Crippen molar-refractivity contribution < 1.29 is 0 Å². The second-order valence-electron chi connectivity index (χ2n) is 5.59. The number of nitriles is 1. The molecule has 0 saturated carbocycles. The molecular weight excluding hydrogens is 306 g/mol. The molecule has 4 heteroatoms. The third-order valence-corrected chi connectivity index (χ3v) is 4.27. The summed E-state index contributed by atoms with van der Waals surface area (Å²) in [5.74, 6) is 1.63. The van der Waals surface area contributed by atoms with Crippen molar-refractivity contribution in [3.8, 4) is 11.8 Å². The minimum atomic E-state index is 0.629. The van der Waals surface area contributed by atoms with Gasteiger partial charge in [-0.05, 0) is 48.7 Å². The van der Waals surface area contributed by atoms with E-state index in [4.69, 9.17) is 16.6 Å². The molecule has 2 aromatic carbocycles. The Kier molecular flexibility index (Phi) is 4.36. The highest BCUT2D eigenvalue weighted by Gasteiger charge is 2.13. The van der Waals surface area contributed by atoms with Crippen LogP contribution in [0, 0.1) is 18.3 Å². The van der Waals surface area contributed by atoms with Crippen molar-refractivity contribution in [1.29, 1.82) is 5.26 Å². The van der Waals surface area contributed by atoms with Gasteiger partial charge in [0.25, 0.3) is 0 Å². The molecule has 0 spiro atoms. The molecule has 0 N–H and O–H groups in total. The number of alkyl halides is 1. The lowest BCUT2D eigenvalue weighted by Gasteiger charge is -2.10. The van der Waals surface area contributed by atoms with Crippen LogP contribution in [-0.2, 0) is 12.8 Å². The van der Waals surface area contributed by atoms with E-state index in [9.17, 15) is 5.26 Å². The molecule has 1 heterocycles. The molecule has 0 saturated heterocycles. The molecule has 1 aromatic heterocycles. The lowest BCUT2D eigenvalue weighted by molar-refractivity contribution is 0.907. The molecule has 0 aliphatic heterocycles. The van der Waals surface area contributed by atoms with Gasteiger partial charge in [0.2, 0.25) is 0 Å². The predicted molar refractivity (Wildman–Crippen MR) is 94.3 cm³/mol. The fourth-order valence-corrected chi connectivity index (χ4v) is 3.06. The van der Waals surface area contributed by atoms with Crippen LogP contribution in [0.25, 0.3) is 16.7 Å². The molecule has 23 heavy (non-hydrogen) atoms. The SMILES string of the molecule is CCc1nc2cc(C#N)c(C)cc2n1-c1ccc(CCCl)cc1. The maximum atomic E-state index is 9.21. The van der Waals surface area contributed by atoms with Crippen molar-refractivity contribution in [2.24, 2.45) is 0 Å². The van der Waals surface area contributed by atoms with Gasteiger partial charge in [-0.25, -0.2) is 4.98 Å². The van der Waals surface area contributed by atoms with Gasteiger partial charge in [-0.3, -0.25) is 4.57 Å². The number of nitrogens with zero attached hydrogens (tertiary/aromatic N) is 3. The number of hydrogen-bond donors (Lipinski definition) is 0.